The number of hydrogen-bond donors (Lipinski definition) is 1. The number of benzene rings is 1. The monoisotopic (exact) mass is 290 g/mol. The Morgan fingerprint density at radius 1 is 1.30 bits per heavy atom. The second kappa shape index (κ2) is 5.35. The summed E-state index contributed by atoms with van der Waals surface area (Å²) in [6.07, 6.45) is 3.09. The van der Waals surface area contributed by atoms with Crippen molar-refractivity contribution in [1.82, 2.24) is 9.78 Å². The van der Waals surface area contributed by atoms with E-state index in [-0.39, 0.29) is 10.9 Å². The van der Waals surface area contributed by atoms with Gasteiger partial charge in [-0.25, -0.2) is 8.42 Å². The Morgan fingerprint density at radius 3 is 2.45 bits per heavy atom. The Kier molecular flexibility index (Phi) is 3.77. The van der Waals surface area contributed by atoms with Gasteiger partial charge in [0.15, 0.2) is 0 Å². The zero-order chi connectivity index (χ0) is 14.8. The lowest BCUT2D eigenvalue weighted by Crippen LogP contribution is -2.12. The normalized spacial score (nSPS) is 11.3. The van der Waals surface area contributed by atoms with Crippen molar-refractivity contribution >= 4 is 15.7 Å². The number of aromatic nitrogens is 2. The van der Waals surface area contributed by atoms with Gasteiger partial charge in [-0.05, 0) is 38.1 Å². The van der Waals surface area contributed by atoms with Crippen LogP contribution in [0.4, 0.5) is 5.69 Å². The Bertz CT molecular complexity index is 739. The fourth-order valence-corrected chi connectivity index (χ4v) is 2.62. The molecule has 0 radical (unpaired) electrons. The standard InChI is InChI=1S/C13H14N4O2S/c1-10(2)17-9-12(8-15-17)16-20(18,19)13-5-3-11(7-14)4-6-13/h3-6,8-10,16H,1-2H3. The average Bonchev–Trinajstić information content (AvgIpc) is 2.87. The number of rotatable bonds is 4. The number of anilines is 1. The maximum Gasteiger partial charge on any atom is 0.261 e. The highest BCUT2D eigenvalue weighted by Crippen LogP contribution is 2.17. The molecule has 0 aliphatic heterocycles. The molecule has 7 heteroatoms. The summed E-state index contributed by atoms with van der Waals surface area (Å²) in [6.45, 7) is 3.90. The minimum absolute atomic E-state index is 0.105. The van der Waals surface area contributed by atoms with E-state index >= 15 is 0 Å². The van der Waals surface area contributed by atoms with Gasteiger partial charge in [0, 0.05) is 12.2 Å². The molecule has 1 heterocycles. The van der Waals surface area contributed by atoms with E-state index in [0.717, 1.165) is 0 Å². The van der Waals surface area contributed by atoms with E-state index in [1.807, 2.05) is 19.9 Å². The fraction of sp³-hybridized carbons (Fsp3) is 0.231. The van der Waals surface area contributed by atoms with Gasteiger partial charge in [-0.3, -0.25) is 9.40 Å². The molecule has 0 atom stereocenters. The van der Waals surface area contributed by atoms with Crippen LogP contribution in [0.3, 0.4) is 0 Å². The molecule has 104 valence electrons. The third-order valence-corrected chi connectivity index (χ3v) is 4.07. The maximum absolute atomic E-state index is 12.1. The van der Waals surface area contributed by atoms with E-state index in [1.54, 1.807) is 10.9 Å². The molecule has 0 saturated heterocycles. The molecule has 1 aromatic heterocycles. The summed E-state index contributed by atoms with van der Waals surface area (Å²) < 4.78 is 28.4. The third-order valence-electron chi connectivity index (χ3n) is 2.68. The highest BCUT2D eigenvalue weighted by molar-refractivity contribution is 7.92. The summed E-state index contributed by atoms with van der Waals surface area (Å²) >= 11 is 0. The Hall–Kier alpha value is -2.33. The Balaban J connectivity index is 2.23. The van der Waals surface area contributed by atoms with Crippen molar-refractivity contribution < 1.29 is 8.42 Å². The maximum atomic E-state index is 12.1. The van der Waals surface area contributed by atoms with E-state index in [1.165, 1.54) is 30.5 Å². The van der Waals surface area contributed by atoms with Gasteiger partial charge in [-0.1, -0.05) is 0 Å². The molecule has 1 N–H and O–H groups in total. The summed E-state index contributed by atoms with van der Waals surface area (Å²) in [4.78, 5) is 0.105. The molecule has 0 fully saturated rings. The van der Waals surface area contributed by atoms with E-state index in [4.69, 9.17) is 5.26 Å². The smallest absolute Gasteiger partial charge is 0.261 e. The quantitative estimate of drug-likeness (QED) is 0.934. The molecule has 0 aliphatic carbocycles. The highest BCUT2D eigenvalue weighted by Gasteiger charge is 2.15. The van der Waals surface area contributed by atoms with Gasteiger partial charge in [0.1, 0.15) is 0 Å². The molecule has 0 amide bonds. The lowest BCUT2D eigenvalue weighted by atomic mass is 10.2. The summed E-state index contributed by atoms with van der Waals surface area (Å²) in [7, 11) is -3.66. The third kappa shape index (κ3) is 2.97. The topological polar surface area (TPSA) is 87.8 Å². The largest absolute Gasteiger partial charge is 0.276 e. The molecule has 0 saturated carbocycles. The molecule has 2 aromatic rings. The van der Waals surface area contributed by atoms with Crippen molar-refractivity contribution in [3.05, 3.63) is 42.2 Å². The average molecular weight is 290 g/mol. The first-order valence-corrected chi connectivity index (χ1v) is 7.48. The zero-order valence-electron chi connectivity index (χ0n) is 11.1. The molecule has 0 aliphatic rings. The second-order valence-electron chi connectivity index (χ2n) is 4.54. The van der Waals surface area contributed by atoms with Crippen LogP contribution in [-0.2, 0) is 10.0 Å². The first-order chi connectivity index (χ1) is 9.42. The van der Waals surface area contributed by atoms with Gasteiger partial charge in [-0.2, -0.15) is 10.4 Å². The highest BCUT2D eigenvalue weighted by atomic mass is 32.2. The lowest BCUT2D eigenvalue weighted by Gasteiger charge is -2.06. The Labute approximate surface area is 117 Å². The van der Waals surface area contributed by atoms with Gasteiger partial charge in [-0.15, -0.1) is 0 Å². The molecular formula is C13H14N4O2S. The van der Waals surface area contributed by atoms with Crippen molar-refractivity contribution in [1.29, 1.82) is 5.26 Å². The van der Waals surface area contributed by atoms with Gasteiger partial charge < -0.3 is 0 Å². The molecule has 0 unspecified atom stereocenters. The van der Waals surface area contributed by atoms with Crippen molar-refractivity contribution in [3.8, 4) is 6.07 Å². The van der Waals surface area contributed by atoms with E-state index < -0.39 is 10.0 Å². The van der Waals surface area contributed by atoms with Crippen LogP contribution in [0.1, 0.15) is 25.5 Å². The Morgan fingerprint density at radius 2 is 1.95 bits per heavy atom. The minimum atomic E-state index is -3.66. The van der Waals surface area contributed by atoms with E-state index in [9.17, 15) is 8.42 Å². The van der Waals surface area contributed by atoms with Crippen molar-refractivity contribution in [2.75, 3.05) is 4.72 Å². The van der Waals surface area contributed by atoms with Crippen molar-refractivity contribution in [2.24, 2.45) is 0 Å². The molecule has 2 rings (SSSR count). The van der Waals surface area contributed by atoms with Gasteiger partial charge in [0.05, 0.1) is 28.4 Å². The lowest BCUT2D eigenvalue weighted by molar-refractivity contribution is 0.532. The zero-order valence-corrected chi connectivity index (χ0v) is 11.9. The SMILES string of the molecule is CC(C)n1cc(NS(=O)(=O)c2ccc(C#N)cc2)cn1. The van der Waals surface area contributed by atoms with Crippen LogP contribution in [0, 0.1) is 11.3 Å². The van der Waals surface area contributed by atoms with Crippen LogP contribution in [0.15, 0.2) is 41.6 Å². The van der Waals surface area contributed by atoms with Crippen LogP contribution in [0.25, 0.3) is 0 Å². The molecule has 20 heavy (non-hydrogen) atoms. The summed E-state index contributed by atoms with van der Waals surface area (Å²) in [6, 6.07) is 7.82. The predicted molar refractivity (Wildman–Crippen MR) is 74.6 cm³/mol. The number of nitrogens with one attached hydrogen (secondary N) is 1. The minimum Gasteiger partial charge on any atom is -0.276 e. The van der Waals surface area contributed by atoms with Gasteiger partial charge in [0.2, 0.25) is 0 Å². The number of sulfonamides is 1. The van der Waals surface area contributed by atoms with Crippen LogP contribution < -0.4 is 4.72 Å². The van der Waals surface area contributed by atoms with E-state index in [0.29, 0.717) is 11.3 Å². The number of hydrogen-bond acceptors (Lipinski definition) is 4. The molecule has 6 nitrogen and oxygen atoms in total. The van der Waals surface area contributed by atoms with Crippen LogP contribution in [0.5, 0.6) is 0 Å². The number of nitriles is 1. The van der Waals surface area contributed by atoms with E-state index in [2.05, 4.69) is 9.82 Å². The summed E-state index contributed by atoms with van der Waals surface area (Å²) in [5.74, 6) is 0. The first kappa shape index (κ1) is 14.1. The molecular weight excluding hydrogens is 276 g/mol. The molecule has 1 aromatic carbocycles. The van der Waals surface area contributed by atoms with Crippen LogP contribution in [0.2, 0.25) is 0 Å². The predicted octanol–water partition coefficient (Wildman–Crippen LogP) is 2.14. The second-order valence-corrected chi connectivity index (χ2v) is 6.23. The van der Waals surface area contributed by atoms with Crippen LogP contribution in [-0.4, -0.2) is 18.2 Å². The van der Waals surface area contributed by atoms with Crippen molar-refractivity contribution in [3.63, 3.8) is 0 Å². The van der Waals surface area contributed by atoms with Crippen LogP contribution >= 0.6 is 0 Å². The molecule has 0 bridgehead atoms. The van der Waals surface area contributed by atoms with Gasteiger partial charge in [0.25, 0.3) is 10.0 Å². The number of nitrogens with zero attached hydrogens (tertiary/aromatic N) is 3. The summed E-state index contributed by atoms with van der Waals surface area (Å²) in [5, 5.41) is 12.8. The van der Waals surface area contributed by atoms with Crippen molar-refractivity contribution in [2.45, 2.75) is 24.8 Å². The summed E-state index contributed by atoms with van der Waals surface area (Å²) in [5.41, 5.74) is 0.819. The van der Waals surface area contributed by atoms with Gasteiger partial charge >= 0.3 is 0 Å². The molecule has 0 spiro atoms. The first-order valence-electron chi connectivity index (χ1n) is 5.99. The fourth-order valence-electron chi connectivity index (χ4n) is 1.60.